The van der Waals surface area contributed by atoms with Gasteiger partial charge in [-0.2, -0.15) is 0 Å². The summed E-state index contributed by atoms with van der Waals surface area (Å²) in [5.41, 5.74) is 0. The number of rotatable bonds is 41. The number of esters is 1. The molecule has 0 bridgehead atoms. The monoisotopic (exact) mass is 739 g/mol. The van der Waals surface area contributed by atoms with E-state index in [2.05, 4.69) is 0 Å². The Bertz CT molecular complexity index is 831. The molecule has 2 amide bonds. The van der Waals surface area contributed by atoms with Gasteiger partial charge in [-0.05, 0) is 6.42 Å². The van der Waals surface area contributed by atoms with Gasteiger partial charge in [0.05, 0.1) is 165 Å². The van der Waals surface area contributed by atoms with Crippen molar-refractivity contribution in [3.63, 3.8) is 0 Å². The van der Waals surface area contributed by atoms with Gasteiger partial charge in [-0.3, -0.25) is 19.3 Å². The highest BCUT2D eigenvalue weighted by Gasteiger charge is 2.22. The third-order valence-electron chi connectivity index (χ3n) is 6.40. The van der Waals surface area contributed by atoms with Crippen molar-refractivity contribution in [1.29, 1.82) is 0 Å². The van der Waals surface area contributed by atoms with Crippen LogP contribution in [0.3, 0.4) is 0 Å². The van der Waals surface area contributed by atoms with E-state index in [0.29, 0.717) is 158 Å². The minimum atomic E-state index is -0.310. The fourth-order valence-electron chi connectivity index (χ4n) is 3.82. The molecule has 1 rings (SSSR count). The molecule has 0 saturated carbocycles. The summed E-state index contributed by atoms with van der Waals surface area (Å²) in [5, 5.41) is 0. The van der Waals surface area contributed by atoms with Crippen molar-refractivity contribution >= 4 is 17.8 Å². The number of nitrogens with zero attached hydrogens (tertiary/aromatic N) is 1. The average Bonchev–Trinajstić information content (AvgIpc) is 3.45. The standard InChI is InChI=1S/C34H61NO16/c1-2-3-34(38)51-31-30-50-29-28-49-27-26-48-25-24-47-23-22-46-21-20-45-19-18-44-17-16-43-15-14-42-13-12-41-11-10-40-9-8-39-7-6-35-32(36)4-5-33(35)37/h4-5H,2-3,6-31H2,1H3. The molecule has 0 aromatic carbocycles. The van der Waals surface area contributed by atoms with E-state index in [1.165, 1.54) is 12.2 Å². The van der Waals surface area contributed by atoms with Crippen LogP contribution >= 0.6 is 0 Å². The largest absolute Gasteiger partial charge is 0.463 e. The molecule has 0 aliphatic carbocycles. The minimum Gasteiger partial charge on any atom is -0.463 e. The van der Waals surface area contributed by atoms with Gasteiger partial charge in [0.15, 0.2) is 0 Å². The summed E-state index contributed by atoms with van der Waals surface area (Å²) in [6, 6.07) is 0. The van der Waals surface area contributed by atoms with Crippen LogP contribution in [0, 0.1) is 0 Å². The molecule has 0 aromatic rings. The van der Waals surface area contributed by atoms with Gasteiger partial charge < -0.3 is 61.6 Å². The maximum Gasteiger partial charge on any atom is 0.305 e. The van der Waals surface area contributed by atoms with Gasteiger partial charge in [-0.1, -0.05) is 6.92 Å². The van der Waals surface area contributed by atoms with Gasteiger partial charge in [0, 0.05) is 18.6 Å². The van der Waals surface area contributed by atoms with Crippen molar-refractivity contribution in [1.82, 2.24) is 4.90 Å². The maximum atomic E-state index is 11.4. The second-order valence-corrected chi connectivity index (χ2v) is 10.5. The Hall–Kier alpha value is -2.13. The first kappa shape index (κ1) is 46.9. The molecule has 1 aliphatic heterocycles. The molecule has 0 atom stereocenters. The lowest BCUT2D eigenvalue weighted by atomic mass is 10.3. The van der Waals surface area contributed by atoms with Crippen molar-refractivity contribution in [2.24, 2.45) is 0 Å². The Labute approximate surface area is 302 Å². The highest BCUT2D eigenvalue weighted by atomic mass is 16.6. The van der Waals surface area contributed by atoms with E-state index in [4.69, 9.17) is 61.6 Å². The van der Waals surface area contributed by atoms with Crippen molar-refractivity contribution < 1.29 is 76.0 Å². The number of carbonyl (C=O) groups is 3. The molecule has 0 aromatic heterocycles. The molecule has 51 heavy (non-hydrogen) atoms. The highest BCUT2D eigenvalue weighted by Crippen LogP contribution is 2.02. The van der Waals surface area contributed by atoms with Gasteiger partial charge in [-0.15, -0.1) is 0 Å². The van der Waals surface area contributed by atoms with E-state index in [-0.39, 0.29) is 37.5 Å². The molecule has 17 nitrogen and oxygen atoms in total. The van der Waals surface area contributed by atoms with Crippen LogP contribution < -0.4 is 0 Å². The number of carbonyl (C=O) groups excluding carboxylic acids is 3. The van der Waals surface area contributed by atoms with Crippen molar-refractivity contribution in [3.05, 3.63) is 12.2 Å². The maximum absolute atomic E-state index is 11.4. The Balaban J connectivity index is 1.62. The van der Waals surface area contributed by atoms with Gasteiger partial charge in [0.25, 0.3) is 11.8 Å². The molecule has 17 heteroatoms. The molecule has 0 fully saturated rings. The fourth-order valence-corrected chi connectivity index (χ4v) is 3.82. The van der Waals surface area contributed by atoms with E-state index in [9.17, 15) is 14.4 Å². The Morgan fingerprint density at radius 1 is 0.412 bits per heavy atom. The SMILES string of the molecule is CCCC(=O)OCCOCCOCCOCCOCCOCCOCCOCCOCCOCCOCCOCCOCCN1C(=O)C=CC1=O. The van der Waals surface area contributed by atoms with E-state index >= 15 is 0 Å². The zero-order valence-corrected chi connectivity index (χ0v) is 30.4. The lowest BCUT2D eigenvalue weighted by Crippen LogP contribution is -2.33. The van der Waals surface area contributed by atoms with Gasteiger partial charge >= 0.3 is 5.97 Å². The summed E-state index contributed by atoms with van der Waals surface area (Å²) in [4.78, 5) is 35.1. The molecular weight excluding hydrogens is 678 g/mol. The zero-order chi connectivity index (χ0) is 36.7. The highest BCUT2D eigenvalue weighted by molar-refractivity contribution is 6.12. The second kappa shape index (κ2) is 37.6. The molecule has 0 unspecified atom stereocenters. The fraction of sp³-hybridized carbons (Fsp3) is 0.853. The molecule has 0 spiro atoms. The van der Waals surface area contributed by atoms with Crippen LogP contribution in [0.2, 0.25) is 0 Å². The summed E-state index contributed by atoms with van der Waals surface area (Å²) in [5.74, 6) is -0.814. The smallest absolute Gasteiger partial charge is 0.305 e. The molecule has 0 radical (unpaired) electrons. The van der Waals surface area contributed by atoms with E-state index in [1.807, 2.05) is 6.92 Å². The average molecular weight is 740 g/mol. The van der Waals surface area contributed by atoms with Crippen molar-refractivity contribution in [2.45, 2.75) is 19.8 Å². The Morgan fingerprint density at radius 3 is 0.902 bits per heavy atom. The number of hydrogen-bond donors (Lipinski definition) is 0. The molecule has 0 N–H and O–H groups in total. The first-order valence-electron chi connectivity index (χ1n) is 17.8. The molecule has 298 valence electrons. The summed E-state index contributed by atoms with van der Waals surface area (Å²) in [7, 11) is 0. The first-order chi connectivity index (χ1) is 25.1. The molecule has 1 heterocycles. The lowest BCUT2D eigenvalue weighted by molar-refractivity contribution is -0.145. The second-order valence-electron chi connectivity index (χ2n) is 10.5. The quantitative estimate of drug-likeness (QED) is 0.0480. The summed E-state index contributed by atoms with van der Waals surface area (Å²) >= 11 is 0. The summed E-state index contributed by atoms with van der Waals surface area (Å²) in [6.45, 7) is 13.3. The topological polar surface area (TPSA) is 174 Å². The molecule has 0 saturated heterocycles. The van der Waals surface area contributed by atoms with Crippen molar-refractivity contribution in [2.75, 3.05) is 172 Å². The molecular formula is C34H61NO16. The van der Waals surface area contributed by atoms with Crippen LogP contribution in [-0.4, -0.2) is 194 Å². The van der Waals surface area contributed by atoms with Crippen LogP contribution in [0.5, 0.6) is 0 Å². The van der Waals surface area contributed by atoms with Crippen LogP contribution in [0.25, 0.3) is 0 Å². The number of ether oxygens (including phenoxy) is 13. The van der Waals surface area contributed by atoms with Gasteiger partial charge in [0.2, 0.25) is 0 Å². The van der Waals surface area contributed by atoms with Crippen LogP contribution in [0.1, 0.15) is 19.8 Å². The van der Waals surface area contributed by atoms with E-state index in [0.717, 1.165) is 11.3 Å². The third kappa shape index (κ3) is 32.3. The van der Waals surface area contributed by atoms with E-state index in [1.54, 1.807) is 0 Å². The normalized spacial score (nSPS) is 12.8. The van der Waals surface area contributed by atoms with E-state index < -0.39 is 0 Å². The van der Waals surface area contributed by atoms with Crippen molar-refractivity contribution in [3.8, 4) is 0 Å². The van der Waals surface area contributed by atoms with Gasteiger partial charge in [0.1, 0.15) is 6.61 Å². The predicted molar refractivity (Wildman–Crippen MR) is 182 cm³/mol. The third-order valence-corrected chi connectivity index (χ3v) is 6.40. The predicted octanol–water partition coefficient (Wildman–Crippen LogP) is 0.454. The number of imide groups is 1. The number of amides is 2. The first-order valence-corrected chi connectivity index (χ1v) is 17.8. The number of hydrogen-bond acceptors (Lipinski definition) is 16. The van der Waals surface area contributed by atoms with Crippen LogP contribution in [0.15, 0.2) is 12.2 Å². The zero-order valence-electron chi connectivity index (χ0n) is 30.4. The Kier molecular flexibility index (Phi) is 34.6. The summed E-state index contributed by atoms with van der Waals surface area (Å²) in [6.07, 6.45) is 3.72. The van der Waals surface area contributed by atoms with Crippen LogP contribution in [0.4, 0.5) is 0 Å². The van der Waals surface area contributed by atoms with Crippen LogP contribution in [-0.2, 0) is 76.0 Å². The molecule has 1 aliphatic rings. The van der Waals surface area contributed by atoms with Gasteiger partial charge in [-0.25, -0.2) is 0 Å². The summed E-state index contributed by atoms with van der Waals surface area (Å²) < 4.78 is 70.2. The lowest BCUT2D eigenvalue weighted by Gasteiger charge is -2.13. The minimum absolute atomic E-state index is 0.194. The Morgan fingerprint density at radius 2 is 0.647 bits per heavy atom.